The Hall–Kier alpha value is -2.25. The predicted octanol–water partition coefficient (Wildman–Crippen LogP) is 11.0. The highest BCUT2D eigenvalue weighted by Crippen LogP contribution is 2.91. The fourth-order valence-corrected chi connectivity index (χ4v) is 24.5. The molecule has 2 aliphatic heterocycles. The molecule has 79 heavy (non-hydrogen) atoms. The van der Waals surface area contributed by atoms with Crippen LogP contribution < -0.4 is 0 Å². The molecule has 11 heteroatoms. The first-order chi connectivity index (χ1) is 37.2. The lowest BCUT2D eigenvalue weighted by atomic mass is 9.41. The van der Waals surface area contributed by atoms with E-state index in [2.05, 4.69) is 69.2 Å². The number of aryl methyl sites for hydroxylation is 1. The second-order valence-corrected chi connectivity index (χ2v) is 31.7. The second-order valence-electron chi connectivity index (χ2n) is 31.7. The van der Waals surface area contributed by atoms with E-state index in [1.807, 2.05) is 30.3 Å². The lowest BCUT2D eigenvalue weighted by Crippen LogP contribution is -2.59. The van der Waals surface area contributed by atoms with Crippen LogP contribution in [0.3, 0.4) is 0 Å². The number of benzene rings is 1. The largest absolute Gasteiger partial charge is 0.452 e. The summed E-state index contributed by atoms with van der Waals surface area (Å²) in [6.45, 7) is 27.6. The van der Waals surface area contributed by atoms with Crippen LogP contribution in [0, 0.1) is 101 Å². The molecule has 0 bridgehead atoms. The molecule has 1 aromatic carbocycles. The van der Waals surface area contributed by atoms with E-state index < -0.39 is 36.5 Å². The van der Waals surface area contributed by atoms with Gasteiger partial charge in [0, 0.05) is 30.3 Å². The van der Waals surface area contributed by atoms with Gasteiger partial charge in [-0.05, 0) is 219 Å². The number of carbonyl (C=O) groups is 3. The summed E-state index contributed by atoms with van der Waals surface area (Å²) in [7, 11) is 0. The summed E-state index contributed by atoms with van der Waals surface area (Å²) in [5, 5.41) is 54.4. The van der Waals surface area contributed by atoms with Crippen molar-refractivity contribution in [3.63, 3.8) is 0 Å². The first-order valence-electron chi connectivity index (χ1n) is 32.2. The molecule has 11 nitrogen and oxygen atoms in total. The number of aldehydes is 1. The third-order valence-electron chi connectivity index (χ3n) is 28.2. The average Bonchev–Trinajstić information content (AvgIpc) is 2.60. The molecule has 2 saturated heterocycles. The van der Waals surface area contributed by atoms with E-state index in [9.17, 15) is 34.8 Å². The van der Waals surface area contributed by atoms with E-state index in [0.29, 0.717) is 59.2 Å². The Morgan fingerprint density at radius 2 is 1.09 bits per heavy atom. The Kier molecular flexibility index (Phi) is 14.0. The number of rotatable bonds is 7. The topological polar surface area (TPSA) is 180 Å². The molecule has 2 heterocycles. The number of carbonyl (C=O) groups excluding carboxylic acids is 3. The first-order valence-corrected chi connectivity index (χ1v) is 31.7. The van der Waals surface area contributed by atoms with Crippen molar-refractivity contribution in [3.05, 3.63) is 35.9 Å². The van der Waals surface area contributed by atoms with Crippen molar-refractivity contribution in [2.24, 2.45) is 101 Å². The van der Waals surface area contributed by atoms with Gasteiger partial charge < -0.3 is 44.5 Å². The molecule has 0 aromatic heterocycles. The molecule has 2 unspecified atom stereocenters. The first kappa shape index (κ1) is 57.2. The van der Waals surface area contributed by atoms with E-state index >= 15 is 0 Å². The highest BCUT2D eigenvalue weighted by atomic mass is 16.6. The molecule has 4 spiro atoms. The average molecular weight is 1100 g/mol. The minimum atomic E-state index is -1.25. The number of ether oxygens (including phenoxy) is 3. The summed E-state index contributed by atoms with van der Waals surface area (Å²) < 4.78 is 25.4. The summed E-state index contributed by atoms with van der Waals surface area (Å²) in [4.78, 5) is 37.4. The molecule has 5 N–H and O–H groups in total. The second kappa shape index (κ2) is 19.4. The Balaban J connectivity index is 0.000000163. The van der Waals surface area contributed by atoms with E-state index in [1.54, 1.807) is 0 Å². The van der Waals surface area contributed by atoms with Crippen molar-refractivity contribution in [3.8, 4) is 0 Å². The minimum absolute atomic E-state index is 0.00847. The van der Waals surface area contributed by atoms with Crippen molar-refractivity contribution in [1.29, 1.82) is 0 Å². The van der Waals surface area contributed by atoms with E-state index in [4.69, 9.17) is 20.7 Å². The fraction of sp³-hybridized carbons (Fsp3) is 0.868. The summed E-state index contributed by atoms with van der Waals surface area (Å²) in [6.07, 6.45) is 13.9. The molecule has 12 aliphatic rings. The lowest BCUT2D eigenvalue weighted by molar-refractivity contribution is -0.192. The molecule has 12 fully saturated rings. The van der Waals surface area contributed by atoms with Gasteiger partial charge in [-0.1, -0.05) is 99.6 Å². The van der Waals surface area contributed by atoms with Crippen LogP contribution >= 0.6 is 0 Å². The minimum Gasteiger partial charge on any atom is -0.452 e. The van der Waals surface area contributed by atoms with Gasteiger partial charge in [0.05, 0.1) is 38.0 Å². The highest BCUT2D eigenvalue weighted by Gasteiger charge is 2.86. The van der Waals surface area contributed by atoms with Crippen molar-refractivity contribution < 1.29 is 55.5 Å². The van der Waals surface area contributed by atoms with Gasteiger partial charge >= 0.3 is 5.97 Å². The van der Waals surface area contributed by atoms with Crippen LogP contribution in [-0.2, 0) is 35.0 Å². The monoisotopic (exact) mass is 1100 g/mol. The summed E-state index contributed by atoms with van der Waals surface area (Å²) in [5.41, 5.74) is 1.75. The maximum absolute atomic E-state index is 13.6. The van der Waals surface area contributed by atoms with E-state index in [-0.39, 0.29) is 97.9 Å². The maximum atomic E-state index is 13.6. The van der Waals surface area contributed by atoms with Gasteiger partial charge in [0.15, 0.2) is 11.9 Å². The van der Waals surface area contributed by atoms with Crippen LogP contribution in [0.15, 0.2) is 30.3 Å². The summed E-state index contributed by atoms with van der Waals surface area (Å²) in [6, 6.07) is 9.92. The van der Waals surface area contributed by atoms with Gasteiger partial charge in [-0.15, -0.1) is 0 Å². The molecule has 0 amide bonds. The zero-order valence-corrected chi connectivity index (χ0v) is 50.7. The molecular weight excluding hydrogens is 993 g/mol. The number of Topliss-reactive ketones (excluding diaryl/α,β-unsaturated/α-hetero) is 1. The highest BCUT2D eigenvalue weighted by molar-refractivity contribution is 5.86. The van der Waals surface area contributed by atoms with Gasteiger partial charge in [-0.3, -0.25) is 9.59 Å². The molecule has 13 rings (SSSR count). The third-order valence-corrected chi connectivity index (χ3v) is 28.2. The summed E-state index contributed by atoms with van der Waals surface area (Å²) in [5.74, 6) is 2.64. The quantitative estimate of drug-likeness (QED) is 0.130. The van der Waals surface area contributed by atoms with Gasteiger partial charge in [0.1, 0.15) is 18.5 Å². The number of aliphatic hydroxyl groups is 5. The number of ketones is 1. The fourth-order valence-electron chi connectivity index (χ4n) is 24.5. The lowest BCUT2D eigenvalue weighted by Gasteiger charge is -2.63. The molecule has 442 valence electrons. The van der Waals surface area contributed by atoms with Gasteiger partial charge in [-0.2, -0.15) is 0 Å². The SMILES string of the molecule is CC(=O)O[C@H](C(=O)CCc1ccccc1)[C@H]1C[C@@H](C)[C@H]2[C@H](O1)[C@H](O)[C@@]1(C)[C@@H]3CC[C@H]4C(C)(C)[C@@H](O)CCC45C[C@@]35CC[C@]21C.C[C@@H]1C[C@H](C=O)O[C@H]2[C@H]1[C@@]1(C)CC[C@@]34CC35CC[C@H](O)C(C)(C)[C@@H]5CC[C@H]4[C@]1(C)[C@H]2O.[2H]C(C)(C)O. The van der Waals surface area contributed by atoms with Crippen molar-refractivity contribution in [1.82, 2.24) is 0 Å². The molecular formula is C68H104O11. The number of esters is 1. The predicted molar refractivity (Wildman–Crippen MR) is 303 cm³/mol. The van der Waals surface area contributed by atoms with Crippen LogP contribution in [0.1, 0.15) is 206 Å². The zero-order valence-electron chi connectivity index (χ0n) is 51.7. The van der Waals surface area contributed by atoms with E-state index in [0.717, 1.165) is 76.1 Å². The Morgan fingerprint density at radius 3 is 1.54 bits per heavy atom. The normalized spacial score (nSPS) is 53.0. The summed E-state index contributed by atoms with van der Waals surface area (Å²) >= 11 is 0. The number of aliphatic hydroxyl groups excluding tert-OH is 4. The molecule has 0 radical (unpaired) electrons. The molecule has 25 atom stereocenters. The van der Waals surface area contributed by atoms with Crippen molar-refractivity contribution in [2.75, 3.05) is 0 Å². The third kappa shape index (κ3) is 7.87. The van der Waals surface area contributed by atoms with Crippen LogP contribution in [0.25, 0.3) is 0 Å². The Bertz CT molecular complexity index is 2540. The Morgan fingerprint density at radius 1 is 0.658 bits per heavy atom. The standard InChI is InChI=1S/C38H54O6.C27H42O4.C3H8O/c1-22-20-26(31(43-23(2)39)25(40)13-12-24-10-8-7-9-11-24)44-32-30(22)35(5)18-19-38-21-37(38)17-16-29(41)34(3,4)27(37)14-15-28(38)36(35,6)33(32)42;1-15-12-16(13-28)31-21-20(15)24(4)10-11-27-14-26(27)9-8-19(29)23(2,3)17(26)6-7-18(27)25(24,5)22(21)30;1-3(2)4/h7-11,22,26-33,41-42H,12-21H2,1-6H3;13,15-22,29-30H,6-12,14H2,1-5H3;3-4H,1-2H3/t22-,26-,27+,28+,29+,30+,31-,32+,33+,35-,36-,37?,38+;15-,16-,17+,18+,19+,20+,21+,22+,24-,25-,26?,27+;/m11./s1/i;;3D. The van der Waals surface area contributed by atoms with Gasteiger partial charge in [0.2, 0.25) is 0 Å². The van der Waals surface area contributed by atoms with Crippen molar-refractivity contribution >= 4 is 18.0 Å². The van der Waals surface area contributed by atoms with Crippen LogP contribution in [0.4, 0.5) is 0 Å². The molecule has 1 aromatic rings. The zero-order chi connectivity index (χ0) is 58.1. The molecule has 10 saturated carbocycles. The van der Waals surface area contributed by atoms with Gasteiger partial charge in [-0.25, -0.2) is 0 Å². The van der Waals surface area contributed by atoms with E-state index in [1.165, 1.54) is 52.9 Å². The Labute approximate surface area is 475 Å². The number of fused-ring (bicyclic) bond motifs is 8. The number of hydrogen-bond donors (Lipinski definition) is 5. The smallest absolute Gasteiger partial charge is 0.303 e. The van der Waals surface area contributed by atoms with Crippen LogP contribution in [0.2, 0.25) is 0 Å². The van der Waals surface area contributed by atoms with Crippen molar-refractivity contribution in [2.45, 2.75) is 267 Å². The van der Waals surface area contributed by atoms with Crippen LogP contribution in [0.5, 0.6) is 0 Å². The number of hydrogen-bond acceptors (Lipinski definition) is 11. The molecule has 10 aliphatic carbocycles. The van der Waals surface area contributed by atoms with Crippen LogP contribution in [-0.4, -0.2) is 105 Å². The maximum Gasteiger partial charge on any atom is 0.303 e. The van der Waals surface area contributed by atoms with Gasteiger partial charge in [0.25, 0.3) is 0 Å².